The molecule has 0 aliphatic heterocycles. The molecule has 1 aromatic carbocycles. The van der Waals surface area contributed by atoms with Crippen LogP contribution in [0.25, 0.3) is 5.69 Å². The molecule has 1 heterocycles. The Morgan fingerprint density at radius 2 is 2.05 bits per heavy atom. The van der Waals surface area contributed by atoms with Gasteiger partial charge < -0.3 is 15.7 Å². The van der Waals surface area contributed by atoms with Crippen LogP contribution in [-0.2, 0) is 6.54 Å². The third kappa shape index (κ3) is 4.05. The van der Waals surface area contributed by atoms with Gasteiger partial charge in [0.25, 0.3) is 0 Å². The summed E-state index contributed by atoms with van der Waals surface area (Å²) < 4.78 is 1.82. The first-order valence-corrected chi connectivity index (χ1v) is 7.21. The number of benzene rings is 1. The first-order chi connectivity index (χ1) is 10.6. The third-order valence-corrected chi connectivity index (χ3v) is 3.56. The van der Waals surface area contributed by atoms with Gasteiger partial charge in [-0.25, -0.2) is 4.79 Å². The van der Waals surface area contributed by atoms with Crippen LogP contribution in [0.1, 0.15) is 19.7 Å². The molecule has 2 rings (SSSR count). The second-order valence-electron chi connectivity index (χ2n) is 5.23. The molecular formula is C15H21N5O2. The third-order valence-electron chi connectivity index (χ3n) is 3.56. The number of urea groups is 1. The van der Waals surface area contributed by atoms with E-state index in [9.17, 15) is 4.79 Å². The van der Waals surface area contributed by atoms with Crippen LogP contribution in [0.2, 0.25) is 0 Å². The summed E-state index contributed by atoms with van der Waals surface area (Å²) in [6, 6.07) is 9.26. The number of aromatic nitrogens is 3. The van der Waals surface area contributed by atoms with Gasteiger partial charge >= 0.3 is 6.03 Å². The minimum Gasteiger partial charge on any atom is -0.396 e. The van der Waals surface area contributed by atoms with Crippen molar-refractivity contribution < 1.29 is 9.90 Å². The number of aliphatic hydroxyl groups excluding tert-OH is 1. The van der Waals surface area contributed by atoms with Crippen molar-refractivity contribution in [2.45, 2.75) is 26.4 Å². The quantitative estimate of drug-likeness (QED) is 0.744. The minimum atomic E-state index is -0.296. The summed E-state index contributed by atoms with van der Waals surface area (Å²) in [5, 5.41) is 22.5. The number of amides is 2. The number of nitrogens with zero attached hydrogens (tertiary/aromatic N) is 3. The number of carbonyl (C=O) groups is 1. The van der Waals surface area contributed by atoms with E-state index in [1.54, 1.807) is 6.33 Å². The zero-order valence-electron chi connectivity index (χ0n) is 12.7. The van der Waals surface area contributed by atoms with Crippen LogP contribution in [0.15, 0.2) is 36.7 Å². The van der Waals surface area contributed by atoms with Gasteiger partial charge in [0.2, 0.25) is 0 Å². The zero-order valence-corrected chi connectivity index (χ0v) is 12.7. The van der Waals surface area contributed by atoms with Crippen LogP contribution in [-0.4, -0.2) is 38.6 Å². The van der Waals surface area contributed by atoms with E-state index >= 15 is 0 Å². The summed E-state index contributed by atoms with van der Waals surface area (Å²) in [5.74, 6) is 0.642. The van der Waals surface area contributed by atoms with E-state index in [0.717, 1.165) is 5.69 Å². The largest absolute Gasteiger partial charge is 0.396 e. The molecule has 2 unspecified atom stereocenters. The van der Waals surface area contributed by atoms with E-state index in [1.165, 1.54) is 0 Å². The molecule has 0 aliphatic carbocycles. The van der Waals surface area contributed by atoms with Crippen molar-refractivity contribution in [3.05, 3.63) is 42.5 Å². The van der Waals surface area contributed by atoms with Gasteiger partial charge in [-0.2, -0.15) is 0 Å². The summed E-state index contributed by atoms with van der Waals surface area (Å²) in [7, 11) is 0. The van der Waals surface area contributed by atoms with Gasteiger partial charge in [-0.1, -0.05) is 25.1 Å². The first kappa shape index (κ1) is 16.0. The Hall–Kier alpha value is -2.41. The highest BCUT2D eigenvalue weighted by Gasteiger charge is 2.14. The van der Waals surface area contributed by atoms with Crippen LogP contribution in [0, 0.1) is 5.92 Å². The molecule has 7 heteroatoms. The Morgan fingerprint density at radius 1 is 1.32 bits per heavy atom. The molecular weight excluding hydrogens is 282 g/mol. The Morgan fingerprint density at radius 3 is 2.73 bits per heavy atom. The average molecular weight is 303 g/mol. The van der Waals surface area contributed by atoms with Crippen molar-refractivity contribution in [1.82, 2.24) is 25.4 Å². The van der Waals surface area contributed by atoms with Crippen molar-refractivity contribution in [2.24, 2.45) is 5.92 Å². The normalized spacial score (nSPS) is 13.4. The number of hydrogen-bond acceptors (Lipinski definition) is 4. The fraction of sp³-hybridized carbons (Fsp3) is 0.400. The van der Waals surface area contributed by atoms with E-state index in [-0.39, 0.29) is 31.1 Å². The zero-order chi connectivity index (χ0) is 15.9. The molecule has 2 atom stereocenters. The fourth-order valence-electron chi connectivity index (χ4n) is 1.90. The van der Waals surface area contributed by atoms with Crippen LogP contribution < -0.4 is 10.6 Å². The number of nitrogens with one attached hydrogen (secondary N) is 2. The van der Waals surface area contributed by atoms with Crippen LogP contribution in [0.4, 0.5) is 4.79 Å². The van der Waals surface area contributed by atoms with Crippen molar-refractivity contribution >= 4 is 6.03 Å². The molecule has 3 N–H and O–H groups in total. The number of rotatable bonds is 6. The Kier molecular flexibility index (Phi) is 5.48. The summed E-state index contributed by atoms with van der Waals surface area (Å²) in [4.78, 5) is 11.9. The molecule has 7 nitrogen and oxygen atoms in total. The predicted octanol–water partition coefficient (Wildman–Crippen LogP) is 1.08. The van der Waals surface area contributed by atoms with Crippen LogP contribution in [0.3, 0.4) is 0 Å². The van der Waals surface area contributed by atoms with Gasteiger partial charge in [-0.3, -0.25) is 4.57 Å². The molecule has 0 saturated heterocycles. The molecule has 22 heavy (non-hydrogen) atoms. The van der Waals surface area contributed by atoms with Crippen molar-refractivity contribution in [2.75, 3.05) is 6.61 Å². The van der Waals surface area contributed by atoms with Gasteiger partial charge in [-0.05, 0) is 25.0 Å². The van der Waals surface area contributed by atoms with Gasteiger partial charge in [0.1, 0.15) is 6.33 Å². The smallest absolute Gasteiger partial charge is 0.315 e. The van der Waals surface area contributed by atoms with Gasteiger partial charge in [0.05, 0.1) is 6.54 Å². The molecule has 0 fully saturated rings. The highest BCUT2D eigenvalue weighted by atomic mass is 16.3. The van der Waals surface area contributed by atoms with E-state index in [2.05, 4.69) is 20.8 Å². The highest BCUT2D eigenvalue weighted by Crippen LogP contribution is 2.08. The topological polar surface area (TPSA) is 92.1 Å². The monoisotopic (exact) mass is 303 g/mol. The van der Waals surface area contributed by atoms with E-state index in [4.69, 9.17) is 5.11 Å². The molecule has 0 radical (unpaired) electrons. The lowest BCUT2D eigenvalue weighted by atomic mass is 10.1. The molecule has 118 valence electrons. The van der Waals surface area contributed by atoms with E-state index in [0.29, 0.717) is 5.82 Å². The highest BCUT2D eigenvalue weighted by molar-refractivity contribution is 5.74. The van der Waals surface area contributed by atoms with Crippen molar-refractivity contribution in [3.8, 4) is 5.69 Å². The first-order valence-electron chi connectivity index (χ1n) is 7.21. The second kappa shape index (κ2) is 7.56. The molecule has 0 saturated carbocycles. The predicted molar refractivity (Wildman–Crippen MR) is 82.4 cm³/mol. The number of carbonyl (C=O) groups excluding carboxylic acids is 1. The van der Waals surface area contributed by atoms with Crippen molar-refractivity contribution in [1.29, 1.82) is 0 Å². The summed E-state index contributed by atoms with van der Waals surface area (Å²) in [6.45, 7) is 4.02. The van der Waals surface area contributed by atoms with Crippen LogP contribution >= 0.6 is 0 Å². The summed E-state index contributed by atoms with van der Waals surface area (Å²) >= 11 is 0. The van der Waals surface area contributed by atoms with Crippen molar-refractivity contribution in [3.63, 3.8) is 0 Å². The lowest BCUT2D eigenvalue weighted by molar-refractivity contribution is 0.200. The van der Waals surface area contributed by atoms with E-state index in [1.807, 2.05) is 48.7 Å². The molecule has 2 aromatic rings. The van der Waals surface area contributed by atoms with Gasteiger partial charge in [0, 0.05) is 18.3 Å². The molecule has 0 bridgehead atoms. The van der Waals surface area contributed by atoms with Gasteiger partial charge in [-0.15, -0.1) is 10.2 Å². The lowest BCUT2D eigenvalue weighted by Gasteiger charge is -2.19. The Labute approximate surface area is 129 Å². The van der Waals surface area contributed by atoms with Crippen LogP contribution in [0.5, 0.6) is 0 Å². The maximum absolute atomic E-state index is 11.9. The Bertz CT molecular complexity index is 599. The maximum Gasteiger partial charge on any atom is 0.315 e. The summed E-state index contributed by atoms with van der Waals surface area (Å²) in [6.07, 6.45) is 1.61. The summed E-state index contributed by atoms with van der Waals surface area (Å²) in [5.41, 5.74) is 0.937. The Balaban J connectivity index is 1.93. The van der Waals surface area contributed by atoms with Gasteiger partial charge in [0.15, 0.2) is 5.82 Å². The number of hydrogen-bond donors (Lipinski definition) is 3. The second-order valence-corrected chi connectivity index (χ2v) is 5.23. The number of para-hydroxylation sites is 1. The lowest BCUT2D eigenvalue weighted by Crippen LogP contribution is -2.44. The molecule has 1 aromatic heterocycles. The molecule has 0 aliphatic rings. The molecule has 0 spiro atoms. The molecule has 2 amide bonds. The minimum absolute atomic E-state index is 0.00118. The standard InChI is InChI=1S/C15H21N5O2/c1-11(9-21)12(2)18-15(22)16-8-14-19-17-10-20(14)13-6-4-3-5-7-13/h3-7,10-12,21H,8-9H2,1-2H3,(H2,16,18,22). The SMILES string of the molecule is CC(CO)C(C)NC(=O)NCc1nncn1-c1ccccc1. The fourth-order valence-corrected chi connectivity index (χ4v) is 1.90. The number of aliphatic hydroxyl groups is 1. The van der Waals surface area contributed by atoms with E-state index < -0.39 is 0 Å². The maximum atomic E-state index is 11.9. The average Bonchev–Trinajstić information content (AvgIpc) is 3.01.